The molecule has 7 nitrogen and oxygen atoms in total. The van der Waals surface area contributed by atoms with E-state index in [4.69, 9.17) is 0 Å². The summed E-state index contributed by atoms with van der Waals surface area (Å²) in [5, 5.41) is 2.82. The van der Waals surface area contributed by atoms with Crippen molar-refractivity contribution in [1.29, 1.82) is 0 Å². The molecule has 3 aromatic rings. The summed E-state index contributed by atoms with van der Waals surface area (Å²) < 4.78 is 4.69. The van der Waals surface area contributed by atoms with Crippen molar-refractivity contribution in [1.82, 2.24) is 5.32 Å². The number of anilines is 2. The van der Waals surface area contributed by atoms with E-state index in [2.05, 4.69) is 51.4 Å². The van der Waals surface area contributed by atoms with Gasteiger partial charge in [-0.2, -0.15) is 0 Å². The van der Waals surface area contributed by atoms with Gasteiger partial charge in [0.05, 0.1) is 19.6 Å². The molecule has 2 amide bonds. The van der Waals surface area contributed by atoms with Gasteiger partial charge in [0.15, 0.2) is 0 Å². The second-order valence-corrected chi connectivity index (χ2v) is 9.55. The number of amides is 2. The summed E-state index contributed by atoms with van der Waals surface area (Å²) in [6, 6.07) is 24.1. The number of hydrogen-bond donors (Lipinski definition) is 1. The van der Waals surface area contributed by atoms with Crippen LogP contribution >= 0.6 is 0 Å². The zero-order valence-corrected chi connectivity index (χ0v) is 22.0. The minimum Gasteiger partial charge on any atom is -0.466 e. The van der Waals surface area contributed by atoms with Crippen molar-refractivity contribution >= 4 is 35.2 Å². The third-order valence-electron chi connectivity index (χ3n) is 6.69. The van der Waals surface area contributed by atoms with E-state index >= 15 is 0 Å². The van der Waals surface area contributed by atoms with Gasteiger partial charge in [-0.25, -0.2) is 4.79 Å². The largest absolute Gasteiger partial charge is 0.466 e. The van der Waals surface area contributed by atoms with Gasteiger partial charge in [0, 0.05) is 44.5 Å². The Kier molecular flexibility index (Phi) is 8.58. The fourth-order valence-corrected chi connectivity index (χ4v) is 4.43. The number of carbonyl (C=O) groups is 3. The predicted octanol–water partition coefficient (Wildman–Crippen LogP) is 4.67. The van der Waals surface area contributed by atoms with Crippen LogP contribution in [0.3, 0.4) is 0 Å². The van der Waals surface area contributed by atoms with E-state index in [1.165, 1.54) is 13.2 Å². The van der Waals surface area contributed by atoms with E-state index in [0.717, 1.165) is 33.6 Å². The highest BCUT2D eigenvalue weighted by atomic mass is 16.5. The Labute approximate surface area is 223 Å². The lowest BCUT2D eigenvalue weighted by molar-refractivity contribution is -0.134. The third kappa shape index (κ3) is 6.68. The summed E-state index contributed by atoms with van der Waals surface area (Å²) >= 11 is 0. The molecule has 1 aliphatic rings. The summed E-state index contributed by atoms with van der Waals surface area (Å²) in [5.41, 5.74) is 5.85. The van der Waals surface area contributed by atoms with E-state index < -0.39 is 5.97 Å². The fraction of sp³-hybridized carbons (Fsp3) is 0.258. The first kappa shape index (κ1) is 26.7. The Balaban J connectivity index is 1.59. The molecule has 1 saturated heterocycles. The molecule has 1 atom stereocenters. The number of nitrogens with zero attached hydrogens (tertiary/aromatic N) is 2. The number of carbonyl (C=O) groups excluding carboxylic acids is 3. The summed E-state index contributed by atoms with van der Waals surface area (Å²) in [6.45, 7) is 0.714. The van der Waals surface area contributed by atoms with Crippen LogP contribution in [0.2, 0.25) is 0 Å². The Hall–Kier alpha value is -4.39. The highest BCUT2D eigenvalue weighted by molar-refractivity contribution is 5.96. The predicted molar refractivity (Wildman–Crippen MR) is 151 cm³/mol. The van der Waals surface area contributed by atoms with Crippen LogP contribution in [0.4, 0.5) is 11.4 Å². The minimum atomic E-state index is -0.447. The number of benzene rings is 3. The summed E-state index contributed by atoms with van der Waals surface area (Å²) in [7, 11) is 5.36. The van der Waals surface area contributed by atoms with Gasteiger partial charge >= 0.3 is 5.97 Å². The van der Waals surface area contributed by atoms with Gasteiger partial charge in [0.1, 0.15) is 0 Å². The van der Waals surface area contributed by atoms with Crippen molar-refractivity contribution in [3.05, 3.63) is 90.0 Å². The van der Waals surface area contributed by atoms with Crippen molar-refractivity contribution in [3.63, 3.8) is 0 Å². The molecular weight excluding hydrogens is 478 g/mol. The van der Waals surface area contributed by atoms with E-state index in [-0.39, 0.29) is 17.7 Å². The first-order valence-corrected chi connectivity index (χ1v) is 12.6. The number of methoxy groups -OCH3 is 1. The molecular formula is C31H33N3O4. The van der Waals surface area contributed by atoms with Crippen LogP contribution in [0, 0.1) is 5.92 Å². The highest BCUT2D eigenvalue weighted by Gasteiger charge is 2.29. The Morgan fingerprint density at radius 2 is 1.66 bits per heavy atom. The molecule has 1 aliphatic heterocycles. The van der Waals surface area contributed by atoms with Crippen LogP contribution in [-0.4, -0.2) is 45.5 Å². The molecule has 4 rings (SSSR count). The molecule has 0 aromatic heterocycles. The third-order valence-corrected chi connectivity index (χ3v) is 6.69. The lowest BCUT2D eigenvalue weighted by Gasteiger charge is -2.30. The van der Waals surface area contributed by atoms with Crippen LogP contribution in [-0.2, 0) is 25.7 Å². The molecule has 3 aromatic carbocycles. The van der Waals surface area contributed by atoms with E-state index in [1.807, 2.05) is 50.5 Å². The molecule has 0 spiro atoms. The lowest BCUT2D eigenvalue weighted by atomic mass is 9.96. The zero-order valence-electron chi connectivity index (χ0n) is 22.0. The molecule has 1 unspecified atom stereocenters. The molecule has 7 heteroatoms. The first-order chi connectivity index (χ1) is 18.3. The van der Waals surface area contributed by atoms with Crippen LogP contribution in [0.25, 0.3) is 17.2 Å². The summed E-state index contributed by atoms with van der Waals surface area (Å²) in [4.78, 5) is 40.7. The van der Waals surface area contributed by atoms with Crippen molar-refractivity contribution in [2.45, 2.75) is 19.4 Å². The molecule has 0 bridgehead atoms. The maximum absolute atomic E-state index is 13.7. The van der Waals surface area contributed by atoms with Gasteiger partial charge < -0.3 is 19.9 Å². The molecule has 0 saturated carbocycles. The molecule has 196 valence electrons. The monoisotopic (exact) mass is 511 g/mol. The summed E-state index contributed by atoms with van der Waals surface area (Å²) in [5.74, 6) is -0.804. The Morgan fingerprint density at radius 1 is 0.974 bits per heavy atom. The van der Waals surface area contributed by atoms with Crippen molar-refractivity contribution < 1.29 is 19.1 Å². The number of piperidine rings is 1. The molecule has 1 N–H and O–H groups in total. The van der Waals surface area contributed by atoms with Crippen LogP contribution < -0.4 is 15.1 Å². The van der Waals surface area contributed by atoms with Crippen molar-refractivity contribution in [2.75, 3.05) is 37.5 Å². The zero-order chi connectivity index (χ0) is 27.1. The van der Waals surface area contributed by atoms with Crippen molar-refractivity contribution in [2.24, 2.45) is 5.92 Å². The van der Waals surface area contributed by atoms with E-state index in [9.17, 15) is 14.4 Å². The van der Waals surface area contributed by atoms with Crippen molar-refractivity contribution in [3.8, 4) is 11.1 Å². The van der Waals surface area contributed by atoms with Gasteiger partial charge in [-0.05, 0) is 59.0 Å². The van der Waals surface area contributed by atoms with E-state index in [1.54, 1.807) is 11.0 Å². The van der Waals surface area contributed by atoms with Gasteiger partial charge in [0.2, 0.25) is 11.8 Å². The maximum Gasteiger partial charge on any atom is 0.330 e. The molecule has 0 aliphatic carbocycles. The smallest absolute Gasteiger partial charge is 0.330 e. The molecule has 1 heterocycles. The van der Waals surface area contributed by atoms with Gasteiger partial charge in [-0.3, -0.25) is 9.59 Å². The fourth-order valence-electron chi connectivity index (χ4n) is 4.43. The number of hydrogen-bond acceptors (Lipinski definition) is 5. The quantitative estimate of drug-likeness (QED) is 0.351. The number of rotatable bonds is 8. The van der Waals surface area contributed by atoms with E-state index in [0.29, 0.717) is 25.9 Å². The average molecular weight is 512 g/mol. The van der Waals surface area contributed by atoms with Gasteiger partial charge in [-0.15, -0.1) is 0 Å². The molecule has 38 heavy (non-hydrogen) atoms. The first-order valence-electron chi connectivity index (χ1n) is 12.6. The molecule has 1 fully saturated rings. The topological polar surface area (TPSA) is 79.0 Å². The number of esters is 1. The van der Waals surface area contributed by atoms with Crippen LogP contribution in [0.15, 0.2) is 78.9 Å². The van der Waals surface area contributed by atoms with Gasteiger partial charge in [0.25, 0.3) is 0 Å². The summed E-state index contributed by atoms with van der Waals surface area (Å²) in [6.07, 6.45) is 3.87. The maximum atomic E-state index is 13.7. The minimum absolute atomic E-state index is 0.0234. The van der Waals surface area contributed by atoms with Crippen LogP contribution in [0.5, 0.6) is 0 Å². The molecule has 0 radical (unpaired) electrons. The van der Waals surface area contributed by atoms with Gasteiger partial charge in [-0.1, -0.05) is 48.5 Å². The normalized spacial score (nSPS) is 15.1. The average Bonchev–Trinajstić information content (AvgIpc) is 2.95. The highest BCUT2D eigenvalue weighted by Crippen LogP contribution is 2.27. The standard InChI is InChI=1S/C31H33N3O4/c1-33(2)27-15-12-25(13-16-27)24-10-7-23(8-11-24)21-34(31(37)26-14-17-29(35)32-20-26)28-6-4-5-22(19-28)9-18-30(36)38-3/h4-13,15-16,18-19,26H,14,17,20-21H2,1-3H3,(H,32,35)/b18-9+. The second kappa shape index (κ2) is 12.2. The lowest BCUT2D eigenvalue weighted by Crippen LogP contribution is -2.44. The number of ether oxygens (including phenoxy) is 1. The van der Waals surface area contributed by atoms with Crippen LogP contribution in [0.1, 0.15) is 24.0 Å². The Morgan fingerprint density at radius 3 is 2.26 bits per heavy atom. The SMILES string of the molecule is COC(=O)/C=C/c1cccc(N(Cc2ccc(-c3ccc(N(C)C)cc3)cc2)C(=O)C2CCC(=O)NC2)c1. The number of nitrogens with one attached hydrogen (secondary N) is 1. The second-order valence-electron chi connectivity index (χ2n) is 9.55. The Bertz CT molecular complexity index is 1300.